The normalized spacial score (nSPS) is 9.42. The molecule has 1 aromatic rings. The summed E-state index contributed by atoms with van der Waals surface area (Å²) in [6, 6.07) is 3.53. The molecule has 0 bridgehead atoms. The Bertz CT molecular complexity index is 290. The number of hydrogen-bond donors (Lipinski definition) is 2. The van der Waals surface area contributed by atoms with Crippen molar-refractivity contribution in [2.45, 2.75) is 0 Å². The topological polar surface area (TPSA) is 66.8 Å². The van der Waals surface area contributed by atoms with Gasteiger partial charge in [0.1, 0.15) is 11.5 Å². The van der Waals surface area contributed by atoms with Crippen molar-refractivity contribution in [1.82, 2.24) is 0 Å². The molecule has 0 spiro atoms. The minimum Gasteiger partial charge on any atom is -0.508 e. The van der Waals surface area contributed by atoms with Crippen LogP contribution in [0.4, 0.5) is 0 Å². The molecule has 0 aliphatic carbocycles. The van der Waals surface area contributed by atoms with Crippen molar-refractivity contribution in [2.24, 2.45) is 0 Å². The van der Waals surface area contributed by atoms with Crippen molar-refractivity contribution in [3.05, 3.63) is 23.8 Å². The van der Waals surface area contributed by atoms with Crippen molar-refractivity contribution in [2.75, 3.05) is 0 Å². The van der Waals surface area contributed by atoms with Gasteiger partial charge in [-0.1, -0.05) is 0 Å². The highest BCUT2D eigenvalue weighted by atomic mass is 31.0. The molecule has 0 radical (unpaired) electrons. The zero-order chi connectivity index (χ0) is 9.14. The van der Waals surface area contributed by atoms with E-state index in [1.807, 2.05) is 0 Å². The van der Waals surface area contributed by atoms with Crippen LogP contribution >= 0.6 is 9.47 Å². The predicted molar refractivity (Wildman–Crippen MR) is 44.9 cm³/mol. The summed E-state index contributed by atoms with van der Waals surface area (Å²) in [6.45, 7) is 0. The first kappa shape index (κ1) is 8.81. The standard InChI is InChI=1S/C7H7O4P/c8-5-1-4(7(10)11-12)2-6(9)3-5/h1-3,8-9H,12H2. The maximum Gasteiger partial charge on any atom is 0.340 e. The van der Waals surface area contributed by atoms with Crippen molar-refractivity contribution >= 4 is 15.4 Å². The number of rotatable bonds is 1. The van der Waals surface area contributed by atoms with E-state index in [0.717, 1.165) is 6.07 Å². The number of carbonyl (C=O) groups excluding carboxylic acids is 1. The lowest BCUT2D eigenvalue weighted by Crippen LogP contribution is -1.96. The van der Waals surface area contributed by atoms with Crippen LogP contribution in [0, 0.1) is 0 Å². The van der Waals surface area contributed by atoms with Crippen LogP contribution in [0.3, 0.4) is 0 Å². The fourth-order valence-electron chi connectivity index (χ4n) is 0.781. The number of hydrogen-bond acceptors (Lipinski definition) is 4. The minimum atomic E-state index is -0.633. The molecule has 1 unspecified atom stereocenters. The highest BCUT2D eigenvalue weighted by Gasteiger charge is 2.07. The smallest absolute Gasteiger partial charge is 0.340 e. The zero-order valence-corrected chi connectivity index (χ0v) is 7.18. The molecule has 1 aromatic carbocycles. The third kappa shape index (κ3) is 1.86. The molecule has 1 atom stereocenters. The van der Waals surface area contributed by atoms with Crippen LogP contribution in [0.25, 0.3) is 0 Å². The average Bonchev–Trinajstić information content (AvgIpc) is 2.01. The van der Waals surface area contributed by atoms with Crippen LogP contribution in [0.2, 0.25) is 0 Å². The summed E-state index contributed by atoms with van der Waals surface area (Å²) in [4.78, 5) is 10.9. The van der Waals surface area contributed by atoms with E-state index in [1.54, 1.807) is 9.47 Å². The minimum absolute atomic E-state index is 0.0995. The predicted octanol–water partition coefficient (Wildman–Crippen LogP) is 1.04. The van der Waals surface area contributed by atoms with Gasteiger partial charge in [-0.25, -0.2) is 4.79 Å². The molecule has 1 rings (SSSR count). The Morgan fingerprint density at radius 3 is 2.17 bits per heavy atom. The molecule has 0 heterocycles. The largest absolute Gasteiger partial charge is 0.508 e. The second-order valence-electron chi connectivity index (χ2n) is 2.14. The van der Waals surface area contributed by atoms with Crippen LogP contribution in [0.5, 0.6) is 11.5 Å². The van der Waals surface area contributed by atoms with Crippen LogP contribution in [0.1, 0.15) is 10.4 Å². The van der Waals surface area contributed by atoms with Crippen LogP contribution in [-0.4, -0.2) is 16.2 Å². The fourth-order valence-corrected chi connectivity index (χ4v) is 0.917. The number of phenols is 2. The lowest BCUT2D eigenvalue weighted by Gasteiger charge is -2.00. The van der Waals surface area contributed by atoms with Gasteiger partial charge in [-0.05, 0) is 12.1 Å². The van der Waals surface area contributed by atoms with Gasteiger partial charge in [0, 0.05) is 6.07 Å². The van der Waals surface area contributed by atoms with E-state index in [0.29, 0.717) is 0 Å². The molecular formula is C7H7O4P. The van der Waals surface area contributed by atoms with E-state index in [2.05, 4.69) is 4.52 Å². The molecule has 0 aliphatic rings. The first-order valence-electron chi connectivity index (χ1n) is 3.07. The SMILES string of the molecule is O=C(OP)c1cc(O)cc(O)c1. The lowest BCUT2D eigenvalue weighted by atomic mass is 10.2. The van der Waals surface area contributed by atoms with E-state index in [9.17, 15) is 4.79 Å². The van der Waals surface area contributed by atoms with Gasteiger partial charge in [0.15, 0.2) is 0 Å². The van der Waals surface area contributed by atoms with Gasteiger partial charge in [0.2, 0.25) is 0 Å². The molecule has 4 nitrogen and oxygen atoms in total. The van der Waals surface area contributed by atoms with Crippen molar-refractivity contribution in [3.63, 3.8) is 0 Å². The monoisotopic (exact) mass is 186 g/mol. The molecule has 0 saturated carbocycles. The maximum absolute atomic E-state index is 10.9. The highest BCUT2D eigenvalue weighted by molar-refractivity contribution is 7.10. The molecule has 0 amide bonds. The van der Waals surface area contributed by atoms with Gasteiger partial charge in [-0.2, -0.15) is 0 Å². The summed E-state index contributed by atoms with van der Waals surface area (Å²) in [5.41, 5.74) is 0.0995. The van der Waals surface area contributed by atoms with E-state index >= 15 is 0 Å². The lowest BCUT2D eigenvalue weighted by molar-refractivity contribution is 0.0764. The van der Waals surface area contributed by atoms with E-state index in [1.165, 1.54) is 12.1 Å². The van der Waals surface area contributed by atoms with Gasteiger partial charge in [0.05, 0.1) is 15.0 Å². The average molecular weight is 186 g/mol. The van der Waals surface area contributed by atoms with Crippen LogP contribution in [-0.2, 0) is 4.52 Å². The Morgan fingerprint density at radius 2 is 1.75 bits per heavy atom. The van der Waals surface area contributed by atoms with Crippen molar-refractivity contribution in [3.8, 4) is 11.5 Å². The Balaban J connectivity index is 3.08. The van der Waals surface area contributed by atoms with Gasteiger partial charge in [-0.15, -0.1) is 0 Å². The van der Waals surface area contributed by atoms with Crippen LogP contribution in [0.15, 0.2) is 18.2 Å². The van der Waals surface area contributed by atoms with E-state index in [-0.39, 0.29) is 17.1 Å². The Morgan fingerprint density at radius 1 is 1.25 bits per heavy atom. The summed E-state index contributed by atoms with van der Waals surface area (Å²) in [5.74, 6) is -0.994. The van der Waals surface area contributed by atoms with Crippen molar-refractivity contribution < 1.29 is 19.5 Å². The fraction of sp³-hybridized carbons (Fsp3) is 0. The Kier molecular flexibility index (Phi) is 2.51. The first-order chi connectivity index (χ1) is 5.63. The highest BCUT2D eigenvalue weighted by Crippen LogP contribution is 2.21. The third-order valence-corrected chi connectivity index (χ3v) is 1.46. The Labute approximate surface area is 71.1 Å². The molecule has 0 aromatic heterocycles. The van der Waals surface area contributed by atoms with Gasteiger partial charge >= 0.3 is 5.97 Å². The van der Waals surface area contributed by atoms with Crippen LogP contribution < -0.4 is 0 Å². The summed E-state index contributed by atoms with van der Waals surface area (Å²) in [5, 5.41) is 17.9. The molecule has 64 valence electrons. The first-order valence-corrected chi connectivity index (χ1v) is 3.54. The molecule has 0 fully saturated rings. The quantitative estimate of drug-likeness (QED) is 0.643. The Hall–Kier alpha value is -1.28. The molecule has 0 aliphatic heterocycles. The second kappa shape index (κ2) is 3.41. The maximum atomic E-state index is 10.9. The van der Waals surface area contributed by atoms with Gasteiger partial charge in [0.25, 0.3) is 0 Å². The van der Waals surface area contributed by atoms with E-state index in [4.69, 9.17) is 10.2 Å². The van der Waals surface area contributed by atoms with Crippen molar-refractivity contribution in [1.29, 1.82) is 0 Å². The second-order valence-corrected chi connectivity index (χ2v) is 2.38. The number of phenolic OH excluding ortho intramolecular Hbond substituents is 2. The molecule has 2 N–H and O–H groups in total. The summed E-state index contributed by atoms with van der Waals surface area (Å²) in [7, 11) is 1.79. The number of carbonyl (C=O) groups is 1. The zero-order valence-electron chi connectivity index (χ0n) is 6.02. The number of benzene rings is 1. The van der Waals surface area contributed by atoms with E-state index < -0.39 is 5.97 Å². The molecule has 5 heteroatoms. The summed E-state index contributed by atoms with van der Waals surface area (Å²) in [6.07, 6.45) is 0. The molecular weight excluding hydrogens is 179 g/mol. The van der Waals surface area contributed by atoms with Gasteiger partial charge < -0.3 is 14.7 Å². The summed E-state index contributed by atoms with van der Waals surface area (Å²) >= 11 is 0. The summed E-state index contributed by atoms with van der Waals surface area (Å²) < 4.78 is 4.30. The van der Waals surface area contributed by atoms with Gasteiger partial charge in [-0.3, -0.25) is 0 Å². The third-order valence-electron chi connectivity index (χ3n) is 1.25. The number of aromatic hydroxyl groups is 2. The molecule has 0 saturated heterocycles. The molecule has 12 heavy (non-hydrogen) atoms.